The number of aliphatic hydroxyl groups is 1. The van der Waals surface area contributed by atoms with Gasteiger partial charge in [-0.15, -0.1) is 0 Å². The van der Waals surface area contributed by atoms with Gasteiger partial charge in [0.25, 0.3) is 5.91 Å². The largest absolute Gasteiger partial charge is 0.392 e. The van der Waals surface area contributed by atoms with E-state index < -0.39 is 0 Å². The smallest absolute Gasteiger partial charge is 0.254 e. The number of amides is 1. The Kier molecular flexibility index (Phi) is 6.08. The Labute approximate surface area is 167 Å². The minimum atomic E-state index is 0.0167. The molecule has 0 unspecified atom stereocenters. The summed E-state index contributed by atoms with van der Waals surface area (Å²) in [5.41, 5.74) is 3.73. The second-order valence-electron chi connectivity index (χ2n) is 8.05. The molecule has 1 N–H and O–H groups in total. The van der Waals surface area contributed by atoms with E-state index in [1.54, 1.807) is 0 Å². The number of likely N-dealkylation sites (tertiary alicyclic amines) is 2. The summed E-state index contributed by atoms with van der Waals surface area (Å²) in [7, 11) is 0. The number of aliphatic hydroxyl groups excluding tert-OH is 1. The van der Waals surface area contributed by atoms with Crippen LogP contribution in [0.2, 0.25) is 0 Å². The van der Waals surface area contributed by atoms with Crippen molar-refractivity contribution in [3.05, 3.63) is 59.7 Å². The van der Waals surface area contributed by atoms with E-state index in [9.17, 15) is 9.90 Å². The van der Waals surface area contributed by atoms with Crippen LogP contribution in [0.25, 0.3) is 11.1 Å². The highest BCUT2D eigenvalue weighted by atomic mass is 16.3. The van der Waals surface area contributed by atoms with E-state index in [-0.39, 0.29) is 12.5 Å². The average Bonchev–Trinajstić information content (AvgIpc) is 3.27. The predicted molar refractivity (Wildman–Crippen MR) is 112 cm³/mol. The Bertz CT molecular complexity index is 797. The van der Waals surface area contributed by atoms with Crippen LogP contribution in [0.4, 0.5) is 0 Å². The summed E-state index contributed by atoms with van der Waals surface area (Å²) >= 11 is 0. The third-order valence-electron chi connectivity index (χ3n) is 6.19. The molecule has 2 aliphatic rings. The number of nitrogens with zero attached hydrogens (tertiary/aromatic N) is 2. The van der Waals surface area contributed by atoms with Gasteiger partial charge in [0.15, 0.2) is 0 Å². The van der Waals surface area contributed by atoms with Gasteiger partial charge in [0.1, 0.15) is 0 Å². The Morgan fingerprint density at radius 2 is 1.64 bits per heavy atom. The van der Waals surface area contributed by atoms with Crippen molar-refractivity contribution >= 4 is 5.91 Å². The summed E-state index contributed by atoms with van der Waals surface area (Å²) < 4.78 is 0. The van der Waals surface area contributed by atoms with Gasteiger partial charge < -0.3 is 14.9 Å². The molecule has 0 aliphatic carbocycles. The highest BCUT2D eigenvalue weighted by Gasteiger charge is 2.29. The lowest BCUT2D eigenvalue weighted by Gasteiger charge is -2.38. The summed E-state index contributed by atoms with van der Waals surface area (Å²) in [4.78, 5) is 17.9. The fraction of sp³-hybridized carbons (Fsp3) is 0.458. The molecule has 28 heavy (non-hydrogen) atoms. The number of carbonyl (C=O) groups is 1. The van der Waals surface area contributed by atoms with Gasteiger partial charge in [-0.3, -0.25) is 4.79 Å². The summed E-state index contributed by atoms with van der Waals surface area (Å²) in [6, 6.07) is 16.1. The molecule has 2 heterocycles. The Morgan fingerprint density at radius 1 is 0.929 bits per heavy atom. The van der Waals surface area contributed by atoms with E-state index in [0.29, 0.717) is 6.04 Å². The minimum Gasteiger partial charge on any atom is -0.392 e. The Balaban J connectivity index is 1.50. The molecule has 1 atom stereocenters. The maximum absolute atomic E-state index is 13.2. The number of carbonyl (C=O) groups excluding carboxylic acids is 1. The van der Waals surface area contributed by atoms with Crippen LogP contribution < -0.4 is 0 Å². The van der Waals surface area contributed by atoms with E-state index >= 15 is 0 Å². The molecule has 2 fully saturated rings. The summed E-state index contributed by atoms with van der Waals surface area (Å²) in [6.45, 7) is 4.26. The molecular formula is C24H30N2O2. The second kappa shape index (κ2) is 8.89. The Morgan fingerprint density at radius 3 is 2.39 bits per heavy atom. The van der Waals surface area contributed by atoms with Crippen molar-refractivity contribution in [2.24, 2.45) is 0 Å². The minimum absolute atomic E-state index is 0.0167. The number of hydrogen-bond donors (Lipinski definition) is 1. The monoisotopic (exact) mass is 378 g/mol. The van der Waals surface area contributed by atoms with Crippen LogP contribution in [0.3, 0.4) is 0 Å². The highest BCUT2D eigenvalue weighted by Crippen LogP contribution is 2.26. The fourth-order valence-electron chi connectivity index (χ4n) is 4.62. The van der Waals surface area contributed by atoms with Crippen LogP contribution in [0.5, 0.6) is 0 Å². The third kappa shape index (κ3) is 4.13. The van der Waals surface area contributed by atoms with Gasteiger partial charge in [-0.2, -0.15) is 0 Å². The molecular weight excluding hydrogens is 348 g/mol. The van der Waals surface area contributed by atoms with Crippen LogP contribution in [-0.4, -0.2) is 53.0 Å². The second-order valence-corrected chi connectivity index (χ2v) is 8.05. The lowest BCUT2D eigenvalue weighted by atomic mass is 9.97. The van der Waals surface area contributed by atoms with Crippen molar-refractivity contribution in [2.75, 3.05) is 26.2 Å². The zero-order valence-corrected chi connectivity index (χ0v) is 16.5. The van der Waals surface area contributed by atoms with Crippen molar-refractivity contribution in [1.29, 1.82) is 0 Å². The molecule has 4 nitrogen and oxygen atoms in total. The third-order valence-corrected chi connectivity index (χ3v) is 6.19. The molecule has 1 amide bonds. The zero-order chi connectivity index (χ0) is 19.3. The van der Waals surface area contributed by atoms with Crippen LogP contribution in [0, 0.1) is 0 Å². The van der Waals surface area contributed by atoms with Crippen molar-refractivity contribution in [3.63, 3.8) is 0 Å². The van der Waals surface area contributed by atoms with Gasteiger partial charge in [0.05, 0.1) is 6.61 Å². The molecule has 4 heteroatoms. The van der Waals surface area contributed by atoms with E-state index in [1.165, 1.54) is 32.4 Å². The van der Waals surface area contributed by atoms with Gasteiger partial charge in [0, 0.05) is 24.7 Å². The van der Waals surface area contributed by atoms with E-state index in [2.05, 4.69) is 9.80 Å². The van der Waals surface area contributed by atoms with Crippen molar-refractivity contribution in [1.82, 2.24) is 9.80 Å². The molecule has 0 aromatic heterocycles. The van der Waals surface area contributed by atoms with Crippen molar-refractivity contribution in [3.8, 4) is 11.1 Å². The SMILES string of the molecule is O=C(c1ccc(-c2ccccc2CO)cc1)N1CCCC[C@H]1CN1CCCC1. The van der Waals surface area contributed by atoms with E-state index in [0.717, 1.165) is 48.2 Å². The molecule has 148 valence electrons. The van der Waals surface area contributed by atoms with Crippen molar-refractivity contribution < 1.29 is 9.90 Å². The van der Waals surface area contributed by atoms with Gasteiger partial charge >= 0.3 is 0 Å². The van der Waals surface area contributed by atoms with Crippen LogP contribution in [0.15, 0.2) is 48.5 Å². The fourth-order valence-corrected chi connectivity index (χ4v) is 4.62. The molecule has 2 aromatic rings. The van der Waals surface area contributed by atoms with Gasteiger partial charge in [-0.25, -0.2) is 0 Å². The first-order valence-electron chi connectivity index (χ1n) is 10.6. The van der Waals surface area contributed by atoms with Crippen molar-refractivity contribution in [2.45, 2.75) is 44.8 Å². The molecule has 2 aliphatic heterocycles. The first-order chi connectivity index (χ1) is 13.8. The van der Waals surface area contributed by atoms with Crippen LogP contribution in [-0.2, 0) is 6.61 Å². The van der Waals surface area contributed by atoms with Crippen LogP contribution >= 0.6 is 0 Å². The first-order valence-corrected chi connectivity index (χ1v) is 10.6. The molecule has 4 rings (SSSR count). The molecule has 2 saturated heterocycles. The van der Waals surface area contributed by atoms with Gasteiger partial charge in [-0.05, 0) is 74.0 Å². The molecule has 0 spiro atoms. The number of piperidine rings is 1. The lowest BCUT2D eigenvalue weighted by Crippen LogP contribution is -2.49. The van der Waals surface area contributed by atoms with E-state index in [4.69, 9.17) is 0 Å². The summed E-state index contributed by atoms with van der Waals surface area (Å²) in [5.74, 6) is 0.158. The number of benzene rings is 2. The highest BCUT2D eigenvalue weighted by molar-refractivity contribution is 5.95. The predicted octanol–water partition coefficient (Wildman–Crippen LogP) is 3.94. The summed E-state index contributed by atoms with van der Waals surface area (Å²) in [5, 5.41) is 9.57. The first kappa shape index (κ1) is 19.2. The molecule has 0 bridgehead atoms. The normalized spacial score (nSPS) is 20.5. The molecule has 0 saturated carbocycles. The lowest BCUT2D eigenvalue weighted by molar-refractivity contribution is 0.0560. The average molecular weight is 379 g/mol. The van der Waals surface area contributed by atoms with Gasteiger partial charge in [0.2, 0.25) is 0 Å². The van der Waals surface area contributed by atoms with Crippen LogP contribution in [0.1, 0.15) is 48.0 Å². The number of hydrogen-bond acceptors (Lipinski definition) is 3. The maximum Gasteiger partial charge on any atom is 0.254 e. The number of rotatable bonds is 5. The molecule has 0 radical (unpaired) electrons. The van der Waals surface area contributed by atoms with E-state index in [1.807, 2.05) is 48.5 Å². The molecule has 2 aromatic carbocycles. The summed E-state index contributed by atoms with van der Waals surface area (Å²) in [6.07, 6.45) is 6.02. The van der Waals surface area contributed by atoms with Gasteiger partial charge in [-0.1, -0.05) is 36.4 Å². The Hall–Kier alpha value is -2.17. The maximum atomic E-state index is 13.2. The quantitative estimate of drug-likeness (QED) is 0.857. The standard InChI is InChI=1S/C24H30N2O2/c27-18-21-7-1-2-9-23(21)19-10-12-20(13-11-19)24(28)26-16-4-3-8-22(26)17-25-14-5-6-15-25/h1-2,7,9-13,22,27H,3-6,8,14-18H2/t22-/m0/s1. The topological polar surface area (TPSA) is 43.8 Å². The zero-order valence-electron chi connectivity index (χ0n) is 16.5.